The molecule has 0 spiro atoms. The van der Waals surface area contributed by atoms with E-state index in [2.05, 4.69) is 34.3 Å². The van der Waals surface area contributed by atoms with Crippen LogP contribution >= 0.6 is 0 Å². The van der Waals surface area contributed by atoms with Crippen molar-refractivity contribution in [3.05, 3.63) is 60.2 Å². The number of benzene rings is 2. The molecule has 1 aliphatic rings. The predicted octanol–water partition coefficient (Wildman–Crippen LogP) is 2.57. The van der Waals surface area contributed by atoms with Crippen LogP contribution in [0.25, 0.3) is 11.1 Å². The third kappa shape index (κ3) is 4.44. The normalized spacial score (nSPS) is 21.5. The quantitative estimate of drug-likeness (QED) is 0.876. The molecule has 2 N–H and O–H groups in total. The van der Waals surface area contributed by atoms with E-state index in [1.807, 2.05) is 30.3 Å². The molecule has 2 atom stereocenters. The van der Waals surface area contributed by atoms with Gasteiger partial charge < -0.3 is 5.32 Å². The summed E-state index contributed by atoms with van der Waals surface area (Å²) >= 11 is 0. The summed E-state index contributed by atoms with van der Waals surface area (Å²) in [5.41, 5.74) is 3.64. The zero-order valence-electron chi connectivity index (χ0n) is 13.9. The SMILES string of the molecule is CS(=O)(=O)N[C@@H]1CCCN[C@@H]1Cc1ccccc1-c1ccccc1. The van der Waals surface area contributed by atoms with Gasteiger partial charge in [-0.15, -0.1) is 0 Å². The summed E-state index contributed by atoms with van der Waals surface area (Å²) in [5, 5.41) is 3.49. The van der Waals surface area contributed by atoms with Crippen LogP contribution in [0.2, 0.25) is 0 Å². The first-order valence-corrected chi connectivity index (χ1v) is 10.3. The molecule has 1 fully saturated rings. The van der Waals surface area contributed by atoms with Gasteiger partial charge in [-0.1, -0.05) is 54.6 Å². The van der Waals surface area contributed by atoms with Gasteiger partial charge in [0.25, 0.3) is 0 Å². The lowest BCUT2D eigenvalue weighted by atomic mass is 9.90. The Hall–Kier alpha value is -1.69. The van der Waals surface area contributed by atoms with Crippen LogP contribution < -0.4 is 10.0 Å². The van der Waals surface area contributed by atoms with Gasteiger partial charge in [-0.25, -0.2) is 13.1 Å². The van der Waals surface area contributed by atoms with Crippen LogP contribution in [0.5, 0.6) is 0 Å². The monoisotopic (exact) mass is 344 g/mol. The summed E-state index contributed by atoms with van der Waals surface area (Å²) in [6, 6.07) is 18.7. The van der Waals surface area contributed by atoms with Gasteiger partial charge in [0.15, 0.2) is 0 Å². The van der Waals surface area contributed by atoms with E-state index in [9.17, 15) is 8.42 Å². The van der Waals surface area contributed by atoms with Gasteiger partial charge in [0.1, 0.15) is 0 Å². The van der Waals surface area contributed by atoms with Crippen molar-refractivity contribution in [1.82, 2.24) is 10.0 Å². The zero-order chi connectivity index (χ0) is 17.0. The molecular formula is C19H24N2O2S. The first-order chi connectivity index (χ1) is 11.5. The Morgan fingerprint density at radius 1 is 1.08 bits per heavy atom. The Kier molecular flexibility index (Phi) is 5.33. The maximum absolute atomic E-state index is 11.6. The van der Waals surface area contributed by atoms with Gasteiger partial charge in [0.2, 0.25) is 10.0 Å². The summed E-state index contributed by atoms with van der Waals surface area (Å²) in [6.45, 7) is 0.931. The molecule has 1 aliphatic heterocycles. The lowest BCUT2D eigenvalue weighted by molar-refractivity contribution is 0.329. The Morgan fingerprint density at radius 2 is 1.79 bits per heavy atom. The molecule has 4 nitrogen and oxygen atoms in total. The fraction of sp³-hybridized carbons (Fsp3) is 0.368. The lowest BCUT2D eigenvalue weighted by Crippen LogP contribution is -2.54. The van der Waals surface area contributed by atoms with Crippen LogP contribution in [0.4, 0.5) is 0 Å². The summed E-state index contributed by atoms with van der Waals surface area (Å²) in [4.78, 5) is 0. The first-order valence-electron chi connectivity index (χ1n) is 8.37. The van der Waals surface area contributed by atoms with Gasteiger partial charge >= 0.3 is 0 Å². The van der Waals surface area contributed by atoms with E-state index in [0.29, 0.717) is 0 Å². The molecule has 5 heteroatoms. The van der Waals surface area contributed by atoms with E-state index in [1.165, 1.54) is 22.9 Å². The average molecular weight is 344 g/mol. The molecule has 0 aromatic heterocycles. The fourth-order valence-electron chi connectivity index (χ4n) is 3.42. The highest BCUT2D eigenvalue weighted by Crippen LogP contribution is 2.26. The first kappa shape index (κ1) is 17.1. The molecule has 1 saturated heterocycles. The van der Waals surface area contributed by atoms with Crippen molar-refractivity contribution in [2.45, 2.75) is 31.3 Å². The molecule has 0 aliphatic carbocycles. The number of rotatable bonds is 5. The van der Waals surface area contributed by atoms with Gasteiger partial charge in [-0.2, -0.15) is 0 Å². The molecule has 2 aromatic carbocycles. The molecular weight excluding hydrogens is 320 g/mol. The Labute approximate surface area is 144 Å². The highest BCUT2D eigenvalue weighted by Gasteiger charge is 2.27. The van der Waals surface area contributed by atoms with Crippen molar-refractivity contribution >= 4 is 10.0 Å². The summed E-state index contributed by atoms with van der Waals surface area (Å²) < 4.78 is 26.1. The Balaban J connectivity index is 1.85. The minimum atomic E-state index is -3.20. The Bertz CT molecular complexity index is 775. The molecule has 0 bridgehead atoms. The van der Waals surface area contributed by atoms with Crippen LogP contribution in [0, 0.1) is 0 Å². The maximum Gasteiger partial charge on any atom is 0.209 e. The van der Waals surface area contributed by atoms with E-state index in [1.54, 1.807) is 0 Å². The average Bonchev–Trinajstić information content (AvgIpc) is 2.57. The van der Waals surface area contributed by atoms with E-state index in [0.717, 1.165) is 25.8 Å². The van der Waals surface area contributed by atoms with Crippen LogP contribution in [0.1, 0.15) is 18.4 Å². The summed E-state index contributed by atoms with van der Waals surface area (Å²) in [5.74, 6) is 0. The van der Waals surface area contributed by atoms with Gasteiger partial charge in [-0.05, 0) is 42.5 Å². The van der Waals surface area contributed by atoms with E-state index >= 15 is 0 Å². The van der Waals surface area contributed by atoms with Crippen molar-refractivity contribution in [1.29, 1.82) is 0 Å². The smallest absolute Gasteiger partial charge is 0.209 e. The van der Waals surface area contributed by atoms with E-state index in [-0.39, 0.29) is 12.1 Å². The zero-order valence-corrected chi connectivity index (χ0v) is 14.7. The minimum absolute atomic E-state index is 0.0578. The van der Waals surface area contributed by atoms with Crippen molar-refractivity contribution in [3.63, 3.8) is 0 Å². The topological polar surface area (TPSA) is 58.2 Å². The molecule has 3 rings (SSSR count). The predicted molar refractivity (Wildman–Crippen MR) is 98.4 cm³/mol. The summed E-state index contributed by atoms with van der Waals surface area (Å²) in [6.07, 6.45) is 3.90. The van der Waals surface area contributed by atoms with Crippen molar-refractivity contribution in [2.75, 3.05) is 12.8 Å². The lowest BCUT2D eigenvalue weighted by Gasteiger charge is -2.33. The number of hydrogen-bond acceptors (Lipinski definition) is 3. The van der Waals surface area contributed by atoms with Gasteiger partial charge in [0.05, 0.1) is 6.26 Å². The van der Waals surface area contributed by atoms with E-state index < -0.39 is 10.0 Å². The van der Waals surface area contributed by atoms with Crippen molar-refractivity contribution < 1.29 is 8.42 Å². The molecule has 2 aromatic rings. The molecule has 0 radical (unpaired) electrons. The van der Waals surface area contributed by atoms with Crippen LogP contribution in [0.3, 0.4) is 0 Å². The van der Waals surface area contributed by atoms with Gasteiger partial charge in [0, 0.05) is 12.1 Å². The second-order valence-corrected chi connectivity index (χ2v) is 8.21. The standard InChI is InChI=1S/C19H24N2O2S/c1-24(22,23)21-18-12-7-13-20-19(18)14-16-10-5-6-11-17(16)15-8-3-2-4-9-15/h2-6,8-11,18-21H,7,12-14H2,1H3/t18-,19-/m1/s1. The third-order valence-electron chi connectivity index (χ3n) is 4.49. The van der Waals surface area contributed by atoms with Crippen molar-refractivity contribution in [3.8, 4) is 11.1 Å². The molecule has 0 unspecified atom stereocenters. The number of sulfonamides is 1. The van der Waals surface area contributed by atoms with Crippen LogP contribution in [0.15, 0.2) is 54.6 Å². The largest absolute Gasteiger partial charge is 0.312 e. The van der Waals surface area contributed by atoms with Crippen molar-refractivity contribution in [2.24, 2.45) is 0 Å². The summed E-state index contributed by atoms with van der Waals surface area (Å²) in [7, 11) is -3.20. The molecule has 1 heterocycles. The second kappa shape index (κ2) is 7.47. The minimum Gasteiger partial charge on any atom is -0.312 e. The highest BCUT2D eigenvalue weighted by molar-refractivity contribution is 7.88. The van der Waals surface area contributed by atoms with Crippen LogP contribution in [-0.2, 0) is 16.4 Å². The number of piperidine rings is 1. The highest BCUT2D eigenvalue weighted by atomic mass is 32.2. The molecule has 24 heavy (non-hydrogen) atoms. The van der Waals surface area contributed by atoms with Gasteiger partial charge in [-0.3, -0.25) is 0 Å². The Morgan fingerprint density at radius 3 is 2.54 bits per heavy atom. The third-order valence-corrected chi connectivity index (χ3v) is 5.22. The number of hydrogen-bond donors (Lipinski definition) is 2. The molecule has 0 saturated carbocycles. The van der Waals surface area contributed by atoms with E-state index in [4.69, 9.17) is 0 Å². The molecule has 0 amide bonds. The fourth-order valence-corrected chi connectivity index (χ4v) is 4.25. The second-order valence-electron chi connectivity index (χ2n) is 6.43. The van der Waals surface area contributed by atoms with Crippen LogP contribution in [-0.4, -0.2) is 33.3 Å². The molecule has 128 valence electrons. The number of nitrogens with one attached hydrogen (secondary N) is 2. The maximum atomic E-state index is 11.6.